The van der Waals surface area contributed by atoms with E-state index in [1.54, 1.807) is 12.1 Å². The lowest BCUT2D eigenvalue weighted by Gasteiger charge is -2.23. The molecule has 7 heteroatoms. The van der Waals surface area contributed by atoms with E-state index in [0.29, 0.717) is 23.5 Å². The zero-order chi connectivity index (χ0) is 20.8. The van der Waals surface area contributed by atoms with Gasteiger partial charge in [-0.25, -0.2) is 4.79 Å². The van der Waals surface area contributed by atoms with Crippen molar-refractivity contribution in [2.75, 3.05) is 18.0 Å². The lowest BCUT2D eigenvalue weighted by molar-refractivity contribution is -0.116. The van der Waals surface area contributed by atoms with Crippen molar-refractivity contribution in [3.8, 4) is 0 Å². The van der Waals surface area contributed by atoms with Crippen LogP contribution in [0.4, 0.5) is 10.5 Å². The van der Waals surface area contributed by atoms with Crippen LogP contribution in [0.15, 0.2) is 42.5 Å². The average Bonchev–Trinajstić information content (AvgIpc) is 2.94. The number of hydrogen-bond acceptors (Lipinski definition) is 4. The fourth-order valence-corrected chi connectivity index (χ4v) is 3.50. The minimum Gasteiger partial charge on any atom is -0.332 e. The summed E-state index contributed by atoms with van der Waals surface area (Å²) in [4.78, 5) is 37.1. The number of benzene rings is 2. The first kappa shape index (κ1) is 20.5. The minimum atomic E-state index is -0.752. The molecule has 0 aromatic heterocycles. The molecule has 152 valence electrons. The first-order valence-electron chi connectivity index (χ1n) is 9.68. The number of aldehydes is 1. The Morgan fingerprint density at radius 1 is 1.21 bits per heavy atom. The van der Waals surface area contributed by atoms with Crippen molar-refractivity contribution in [3.63, 3.8) is 0 Å². The van der Waals surface area contributed by atoms with Gasteiger partial charge in [-0.3, -0.25) is 10.0 Å². The van der Waals surface area contributed by atoms with Crippen LogP contribution in [0.5, 0.6) is 0 Å². The molecule has 2 aromatic rings. The second-order valence-corrected chi connectivity index (χ2v) is 7.09. The lowest BCUT2D eigenvalue weighted by Crippen LogP contribution is -2.38. The van der Waals surface area contributed by atoms with Gasteiger partial charge in [0.05, 0.1) is 0 Å². The van der Waals surface area contributed by atoms with E-state index in [0.717, 1.165) is 36.1 Å². The molecule has 0 saturated carbocycles. The van der Waals surface area contributed by atoms with Gasteiger partial charge in [0.1, 0.15) is 12.8 Å². The van der Waals surface area contributed by atoms with E-state index in [2.05, 4.69) is 11.4 Å². The van der Waals surface area contributed by atoms with Crippen molar-refractivity contribution in [3.05, 3.63) is 64.7 Å². The number of amides is 3. The second kappa shape index (κ2) is 9.34. The second-order valence-electron chi connectivity index (χ2n) is 7.09. The molecule has 0 aliphatic carbocycles. The Labute approximate surface area is 169 Å². The maximum absolute atomic E-state index is 13.2. The Hall–Kier alpha value is -3.19. The Kier molecular flexibility index (Phi) is 6.61. The average molecular weight is 395 g/mol. The first-order valence-corrected chi connectivity index (χ1v) is 9.68. The highest BCUT2D eigenvalue weighted by molar-refractivity contribution is 6.06. The van der Waals surface area contributed by atoms with Crippen molar-refractivity contribution in [2.24, 2.45) is 0 Å². The summed E-state index contributed by atoms with van der Waals surface area (Å²) in [5.41, 5.74) is 4.45. The number of carbonyl (C=O) groups excluding carboxylic acids is 3. The van der Waals surface area contributed by atoms with Gasteiger partial charge in [-0.05, 0) is 61.1 Å². The number of nitrogens with one attached hydrogen (secondary N) is 1. The fourth-order valence-electron chi connectivity index (χ4n) is 3.50. The van der Waals surface area contributed by atoms with Crippen LogP contribution in [0.1, 0.15) is 39.9 Å². The summed E-state index contributed by atoms with van der Waals surface area (Å²) in [5, 5.41) is 12.2. The molecule has 1 heterocycles. The first-order chi connectivity index (χ1) is 14.0. The third-order valence-electron chi connectivity index (χ3n) is 5.11. The standard InChI is InChI=1S/C22H25N3O4/c1-16-14-18(9-10-19(16)15-23-22(28)25(29)12-13-26)21(27)24-11-5-4-7-17-6-2-3-8-20(17)24/h2-3,6,8-10,13-14,29H,4-5,7,11-12,15H2,1H3,(H,23,28). The number of nitrogens with zero attached hydrogens (tertiary/aromatic N) is 2. The van der Waals surface area contributed by atoms with Crippen LogP contribution in [0.3, 0.4) is 0 Å². The molecule has 1 aliphatic heterocycles. The molecule has 2 aromatic carbocycles. The molecule has 3 rings (SSSR count). The molecule has 29 heavy (non-hydrogen) atoms. The maximum Gasteiger partial charge on any atom is 0.341 e. The molecular formula is C22H25N3O4. The van der Waals surface area contributed by atoms with E-state index < -0.39 is 12.6 Å². The largest absolute Gasteiger partial charge is 0.341 e. The molecule has 0 spiro atoms. The monoisotopic (exact) mass is 395 g/mol. The predicted octanol–water partition coefficient (Wildman–Crippen LogP) is 3.08. The predicted molar refractivity (Wildman–Crippen MR) is 109 cm³/mol. The molecule has 0 saturated heterocycles. The van der Waals surface area contributed by atoms with E-state index in [-0.39, 0.29) is 12.5 Å². The van der Waals surface area contributed by atoms with Crippen LogP contribution < -0.4 is 10.2 Å². The number of para-hydroxylation sites is 1. The zero-order valence-electron chi connectivity index (χ0n) is 16.4. The van der Waals surface area contributed by atoms with Gasteiger partial charge < -0.3 is 15.0 Å². The van der Waals surface area contributed by atoms with Gasteiger partial charge in [-0.15, -0.1) is 0 Å². The summed E-state index contributed by atoms with van der Waals surface area (Å²) in [6.45, 7) is 2.35. The van der Waals surface area contributed by atoms with Crippen LogP contribution >= 0.6 is 0 Å². The third kappa shape index (κ3) is 4.81. The van der Waals surface area contributed by atoms with Crippen molar-refractivity contribution in [1.29, 1.82) is 0 Å². The minimum absolute atomic E-state index is 0.0365. The Balaban J connectivity index is 1.74. The molecular weight excluding hydrogens is 370 g/mol. The van der Waals surface area contributed by atoms with Crippen LogP contribution in [0, 0.1) is 6.92 Å². The lowest BCUT2D eigenvalue weighted by atomic mass is 10.0. The van der Waals surface area contributed by atoms with Gasteiger partial charge in [0.15, 0.2) is 0 Å². The van der Waals surface area contributed by atoms with Crippen molar-refractivity contribution in [2.45, 2.75) is 32.7 Å². The van der Waals surface area contributed by atoms with E-state index in [9.17, 15) is 19.6 Å². The summed E-state index contributed by atoms with van der Waals surface area (Å²) in [6, 6.07) is 12.7. The normalized spacial score (nSPS) is 13.2. The molecule has 2 N–H and O–H groups in total. The highest BCUT2D eigenvalue weighted by Gasteiger charge is 2.22. The highest BCUT2D eigenvalue weighted by Crippen LogP contribution is 2.27. The Morgan fingerprint density at radius 3 is 2.76 bits per heavy atom. The van der Waals surface area contributed by atoms with Crippen LogP contribution in [0.2, 0.25) is 0 Å². The van der Waals surface area contributed by atoms with Gasteiger partial charge in [0.2, 0.25) is 0 Å². The van der Waals surface area contributed by atoms with Gasteiger partial charge in [0.25, 0.3) is 5.91 Å². The summed E-state index contributed by atoms with van der Waals surface area (Å²) in [7, 11) is 0. The fraction of sp³-hybridized carbons (Fsp3) is 0.318. The number of anilines is 1. The number of urea groups is 1. The molecule has 0 unspecified atom stereocenters. The SMILES string of the molecule is Cc1cc(C(=O)N2CCCCc3ccccc32)ccc1CNC(=O)N(O)CC=O. The van der Waals surface area contributed by atoms with E-state index >= 15 is 0 Å². The number of aryl methyl sites for hydroxylation is 2. The number of fused-ring (bicyclic) bond motifs is 1. The third-order valence-corrected chi connectivity index (χ3v) is 5.11. The Bertz CT molecular complexity index is 913. The molecule has 1 aliphatic rings. The van der Waals surface area contributed by atoms with E-state index in [1.807, 2.05) is 36.1 Å². The zero-order valence-corrected chi connectivity index (χ0v) is 16.4. The van der Waals surface area contributed by atoms with E-state index in [1.165, 1.54) is 5.56 Å². The van der Waals surface area contributed by atoms with E-state index in [4.69, 9.17) is 0 Å². The Morgan fingerprint density at radius 2 is 2.00 bits per heavy atom. The molecule has 0 radical (unpaired) electrons. The maximum atomic E-state index is 13.2. The number of hydroxylamine groups is 2. The van der Waals surface area contributed by atoms with Crippen molar-refractivity contribution >= 4 is 23.9 Å². The topological polar surface area (TPSA) is 90.0 Å². The van der Waals surface area contributed by atoms with Gasteiger partial charge in [0, 0.05) is 24.3 Å². The molecule has 7 nitrogen and oxygen atoms in total. The summed E-state index contributed by atoms with van der Waals surface area (Å²) in [6.07, 6.45) is 3.43. The summed E-state index contributed by atoms with van der Waals surface area (Å²) >= 11 is 0. The van der Waals surface area contributed by atoms with Crippen LogP contribution in [0.25, 0.3) is 0 Å². The summed E-state index contributed by atoms with van der Waals surface area (Å²) < 4.78 is 0. The number of hydrogen-bond donors (Lipinski definition) is 2. The molecule has 3 amide bonds. The van der Waals surface area contributed by atoms with Gasteiger partial charge in [-0.1, -0.05) is 24.3 Å². The van der Waals surface area contributed by atoms with Crippen molar-refractivity contribution < 1.29 is 19.6 Å². The molecule has 0 atom stereocenters. The smallest absolute Gasteiger partial charge is 0.332 e. The van der Waals surface area contributed by atoms with Gasteiger partial charge in [-0.2, -0.15) is 5.06 Å². The quantitative estimate of drug-likeness (QED) is 0.463. The number of carbonyl (C=O) groups is 3. The van der Waals surface area contributed by atoms with Crippen LogP contribution in [-0.4, -0.2) is 41.6 Å². The molecule has 0 fully saturated rings. The van der Waals surface area contributed by atoms with Crippen LogP contribution in [-0.2, 0) is 17.8 Å². The highest BCUT2D eigenvalue weighted by atomic mass is 16.5. The summed E-state index contributed by atoms with van der Waals surface area (Å²) in [5.74, 6) is -0.0365. The van der Waals surface area contributed by atoms with Crippen molar-refractivity contribution in [1.82, 2.24) is 10.4 Å². The number of rotatable bonds is 5. The van der Waals surface area contributed by atoms with Gasteiger partial charge >= 0.3 is 6.03 Å². The molecule has 0 bridgehead atoms.